The molecule has 1 atom stereocenters. The number of ether oxygens (including phenoxy) is 2. The fourth-order valence-corrected chi connectivity index (χ4v) is 2.34. The van der Waals surface area contributed by atoms with E-state index in [1.54, 1.807) is 18.2 Å². The Morgan fingerprint density at radius 3 is 2.64 bits per heavy atom. The summed E-state index contributed by atoms with van der Waals surface area (Å²) in [5, 5.41) is 3.40. The summed E-state index contributed by atoms with van der Waals surface area (Å²) < 4.78 is 10.9. The topological polar surface area (TPSA) is 73.6 Å². The van der Waals surface area contributed by atoms with Crippen molar-refractivity contribution >= 4 is 17.3 Å². The Kier molecular flexibility index (Phi) is 4.38. The van der Waals surface area contributed by atoms with Gasteiger partial charge in [-0.25, -0.2) is 4.79 Å². The van der Waals surface area contributed by atoms with Crippen molar-refractivity contribution in [2.45, 2.75) is 46.3 Å². The molecule has 3 N–H and O–H groups in total. The minimum atomic E-state index is -0.520. The Labute approximate surface area is 132 Å². The molecule has 2 rings (SSSR count). The van der Waals surface area contributed by atoms with Crippen molar-refractivity contribution in [2.75, 3.05) is 24.3 Å². The van der Waals surface area contributed by atoms with Crippen LogP contribution in [0.3, 0.4) is 0 Å². The van der Waals surface area contributed by atoms with E-state index in [2.05, 4.69) is 19.2 Å². The standard InChI is InChI=1S/C17H26N2O3/c1-16(2,3)22-15(20)11-6-7-12(18)13(8-11)19-14-9-21-10-17(14,4)5/h6-8,14,19H,9-10,18H2,1-5H3/t14-/m1/s1. The van der Waals surface area contributed by atoms with Gasteiger partial charge >= 0.3 is 5.97 Å². The summed E-state index contributed by atoms with van der Waals surface area (Å²) >= 11 is 0. The molecular formula is C17H26N2O3. The maximum absolute atomic E-state index is 12.2. The molecule has 5 heteroatoms. The number of esters is 1. The van der Waals surface area contributed by atoms with E-state index in [1.807, 2.05) is 20.8 Å². The zero-order valence-corrected chi connectivity index (χ0v) is 14.0. The molecule has 0 amide bonds. The van der Waals surface area contributed by atoms with E-state index in [0.29, 0.717) is 24.5 Å². The van der Waals surface area contributed by atoms with Gasteiger partial charge in [0.1, 0.15) is 5.60 Å². The number of anilines is 2. The summed E-state index contributed by atoms with van der Waals surface area (Å²) in [7, 11) is 0. The molecule has 1 aliphatic heterocycles. The molecule has 1 fully saturated rings. The number of hydrogen-bond donors (Lipinski definition) is 2. The number of nitrogens with two attached hydrogens (primary N) is 1. The molecule has 0 bridgehead atoms. The highest BCUT2D eigenvalue weighted by Gasteiger charge is 2.36. The van der Waals surface area contributed by atoms with Gasteiger partial charge in [-0.3, -0.25) is 0 Å². The first-order valence-corrected chi connectivity index (χ1v) is 7.56. The van der Waals surface area contributed by atoms with Crippen LogP contribution < -0.4 is 11.1 Å². The molecule has 122 valence electrons. The van der Waals surface area contributed by atoms with Gasteiger partial charge in [0, 0.05) is 5.41 Å². The van der Waals surface area contributed by atoms with E-state index in [9.17, 15) is 4.79 Å². The van der Waals surface area contributed by atoms with Gasteiger partial charge in [0.15, 0.2) is 0 Å². The van der Waals surface area contributed by atoms with Gasteiger partial charge in [0.25, 0.3) is 0 Å². The third kappa shape index (κ3) is 3.91. The molecule has 1 aliphatic rings. The number of benzene rings is 1. The van der Waals surface area contributed by atoms with Crippen molar-refractivity contribution in [3.05, 3.63) is 23.8 Å². The second-order valence-electron chi connectivity index (χ2n) is 7.50. The fraction of sp³-hybridized carbons (Fsp3) is 0.588. The average molecular weight is 306 g/mol. The van der Waals surface area contributed by atoms with E-state index >= 15 is 0 Å². The average Bonchev–Trinajstić information content (AvgIpc) is 2.69. The number of carbonyl (C=O) groups excluding carboxylic acids is 1. The third-order valence-electron chi connectivity index (χ3n) is 3.72. The molecule has 0 unspecified atom stereocenters. The van der Waals surface area contributed by atoms with Crippen LogP contribution in [0, 0.1) is 5.41 Å². The molecule has 1 saturated heterocycles. The molecule has 0 spiro atoms. The Balaban J connectivity index is 2.19. The number of nitrogens with one attached hydrogen (secondary N) is 1. The minimum Gasteiger partial charge on any atom is -0.456 e. The van der Waals surface area contributed by atoms with E-state index < -0.39 is 5.60 Å². The highest BCUT2D eigenvalue weighted by atomic mass is 16.6. The van der Waals surface area contributed by atoms with E-state index in [4.69, 9.17) is 15.2 Å². The van der Waals surface area contributed by atoms with Crippen molar-refractivity contribution in [3.8, 4) is 0 Å². The molecular weight excluding hydrogens is 280 g/mol. The van der Waals surface area contributed by atoms with Crippen LogP contribution in [0.4, 0.5) is 11.4 Å². The Bertz CT molecular complexity index is 562. The van der Waals surface area contributed by atoms with Crippen LogP contribution in [-0.2, 0) is 9.47 Å². The van der Waals surface area contributed by atoms with Crippen molar-refractivity contribution in [1.82, 2.24) is 0 Å². The summed E-state index contributed by atoms with van der Waals surface area (Å²) in [6.45, 7) is 11.2. The SMILES string of the molecule is CC(C)(C)OC(=O)c1ccc(N)c(N[C@@H]2COCC2(C)C)c1. The van der Waals surface area contributed by atoms with Crippen LogP contribution in [0.15, 0.2) is 18.2 Å². The first-order valence-electron chi connectivity index (χ1n) is 7.56. The largest absolute Gasteiger partial charge is 0.456 e. The molecule has 0 aromatic heterocycles. The Hall–Kier alpha value is -1.75. The maximum atomic E-state index is 12.2. The summed E-state index contributed by atoms with van der Waals surface area (Å²) in [6, 6.07) is 5.32. The summed E-state index contributed by atoms with van der Waals surface area (Å²) in [6.07, 6.45) is 0. The van der Waals surface area contributed by atoms with Gasteiger partial charge in [-0.1, -0.05) is 13.8 Å². The molecule has 1 aromatic carbocycles. The number of carbonyl (C=O) groups is 1. The van der Waals surface area contributed by atoms with Crippen LogP contribution in [0.1, 0.15) is 45.0 Å². The molecule has 22 heavy (non-hydrogen) atoms. The van der Waals surface area contributed by atoms with Gasteiger partial charge in [-0.2, -0.15) is 0 Å². The lowest BCUT2D eigenvalue weighted by atomic mass is 9.87. The van der Waals surface area contributed by atoms with Gasteiger partial charge < -0.3 is 20.5 Å². The third-order valence-corrected chi connectivity index (χ3v) is 3.72. The predicted octanol–water partition coefficient (Wildman–Crippen LogP) is 3.06. The van der Waals surface area contributed by atoms with Crippen LogP contribution in [-0.4, -0.2) is 30.8 Å². The van der Waals surface area contributed by atoms with E-state index in [0.717, 1.165) is 5.69 Å². The van der Waals surface area contributed by atoms with Crippen LogP contribution >= 0.6 is 0 Å². The van der Waals surface area contributed by atoms with Gasteiger partial charge in [0.05, 0.1) is 36.2 Å². The number of rotatable bonds is 3. The number of nitrogen functional groups attached to an aromatic ring is 1. The van der Waals surface area contributed by atoms with Gasteiger partial charge in [-0.05, 0) is 39.0 Å². The molecule has 0 radical (unpaired) electrons. The summed E-state index contributed by atoms with van der Waals surface area (Å²) in [5.41, 5.74) is 7.37. The normalized spacial score (nSPS) is 20.7. The monoisotopic (exact) mass is 306 g/mol. The molecule has 5 nitrogen and oxygen atoms in total. The quantitative estimate of drug-likeness (QED) is 0.663. The lowest BCUT2D eigenvalue weighted by Crippen LogP contribution is -2.35. The van der Waals surface area contributed by atoms with E-state index in [1.165, 1.54) is 0 Å². The van der Waals surface area contributed by atoms with Crippen LogP contribution in [0.5, 0.6) is 0 Å². The smallest absolute Gasteiger partial charge is 0.338 e. The maximum Gasteiger partial charge on any atom is 0.338 e. The minimum absolute atomic E-state index is 0.0222. The molecule has 0 aliphatic carbocycles. The first-order chi connectivity index (χ1) is 10.1. The summed E-state index contributed by atoms with van der Waals surface area (Å²) in [5.74, 6) is -0.350. The van der Waals surface area contributed by atoms with Crippen molar-refractivity contribution in [2.24, 2.45) is 5.41 Å². The lowest BCUT2D eigenvalue weighted by Gasteiger charge is -2.27. The van der Waals surface area contributed by atoms with Crippen LogP contribution in [0.25, 0.3) is 0 Å². The highest BCUT2D eigenvalue weighted by Crippen LogP contribution is 2.32. The molecule has 1 heterocycles. The Morgan fingerprint density at radius 2 is 2.09 bits per heavy atom. The van der Waals surface area contributed by atoms with Crippen molar-refractivity contribution in [1.29, 1.82) is 0 Å². The lowest BCUT2D eigenvalue weighted by molar-refractivity contribution is 0.00696. The van der Waals surface area contributed by atoms with Gasteiger partial charge in [-0.15, -0.1) is 0 Å². The summed E-state index contributed by atoms with van der Waals surface area (Å²) in [4.78, 5) is 12.2. The van der Waals surface area contributed by atoms with Gasteiger partial charge in [0.2, 0.25) is 0 Å². The van der Waals surface area contributed by atoms with Crippen molar-refractivity contribution in [3.63, 3.8) is 0 Å². The number of hydrogen-bond acceptors (Lipinski definition) is 5. The second kappa shape index (κ2) is 5.80. The first kappa shape index (κ1) is 16.6. The van der Waals surface area contributed by atoms with Crippen molar-refractivity contribution < 1.29 is 14.3 Å². The molecule has 1 aromatic rings. The zero-order chi connectivity index (χ0) is 16.5. The predicted molar refractivity (Wildman–Crippen MR) is 88.0 cm³/mol. The highest BCUT2D eigenvalue weighted by molar-refractivity contribution is 5.92. The zero-order valence-electron chi connectivity index (χ0n) is 14.0. The second-order valence-corrected chi connectivity index (χ2v) is 7.50. The van der Waals surface area contributed by atoms with E-state index in [-0.39, 0.29) is 17.4 Å². The molecule has 0 saturated carbocycles. The fourth-order valence-electron chi connectivity index (χ4n) is 2.34. The van der Waals surface area contributed by atoms with Crippen LogP contribution in [0.2, 0.25) is 0 Å². The Morgan fingerprint density at radius 1 is 1.41 bits per heavy atom.